The van der Waals surface area contributed by atoms with Crippen LogP contribution in [0, 0.1) is 0 Å². The fourth-order valence-electron chi connectivity index (χ4n) is 4.51. The monoisotopic (exact) mass is 440 g/mol. The lowest BCUT2D eigenvalue weighted by Gasteiger charge is -2.38. The first-order valence-corrected chi connectivity index (χ1v) is 11.7. The topological polar surface area (TPSA) is 41.6 Å². The first-order chi connectivity index (χ1) is 16.2. The van der Waals surface area contributed by atoms with E-state index in [-0.39, 0.29) is 11.9 Å². The number of fused-ring (bicyclic) bond motifs is 1. The van der Waals surface area contributed by atoms with E-state index in [4.69, 9.17) is 4.74 Å². The molecule has 1 aliphatic rings. The highest BCUT2D eigenvalue weighted by atomic mass is 16.5. The molecule has 0 saturated heterocycles. The van der Waals surface area contributed by atoms with Crippen LogP contribution in [0.2, 0.25) is 0 Å². The number of ether oxygens (including phenoxy) is 1. The molecule has 0 aliphatic carbocycles. The molecule has 4 rings (SSSR count). The molecule has 1 N–H and O–H groups in total. The molecule has 0 fully saturated rings. The maximum absolute atomic E-state index is 12.5. The largest absolute Gasteiger partial charge is 0.481 e. The standard InChI is InChI=1S/C29H32N2O2/c1-3-18-30-29(32)27(4-2)33-25-16-15-23-17-19-31(21-22-11-7-5-8-12-22)28(26(23)20-25)24-13-9-6-10-14-24/h3,5-16,20,27-28H,1,4,17-19,21H2,2H3,(H,30,32). The van der Waals surface area contributed by atoms with E-state index in [1.807, 2.05) is 13.0 Å². The van der Waals surface area contributed by atoms with Crippen LogP contribution in [0.15, 0.2) is 91.5 Å². The molecule has 0 spiro atoms. The Labute approximate surface area is 196 Å². The predicted molar refractivity (Wildman–Crippen MR) is 133 cm³/mol. The third-order valence-electron chi connectivity index (χ3n) is 6.15. The van der Waals surface area contributed by atoms with E-state index >= 15 is 0 Å². The van der Waals surface area contributed by atoms with Gasteiger partial charge in [-0.2, -0.15) is 0 Å². The van der Waals surface area contributed by atoms with E-state index in [9.17, 15) is 4.79 Å². The van der Waals surface area contributed by atoms with Gasteiger partial charge in [-0.05, 0) is 47.2 Å². The van der Waals surface area contributed by atoms with E-state index in [1.165, 1.54) is 22.3 Å². The van der Waals surface area contributed by atoms with Gasteiger partial charge in [0, 0.05) is 19.6 Å². The molecule has 2 atom stereocenters. The number of carbonyl (C=O) groups is 1. The predicted octanol–water partition coefficient (Wildman–Crippen LogP) is 5.29. The molecule has 3 aromatic rings. The fourth-order valence-corrected chi connectivity index (χ4v) is 4.51. The van der Waals surface area contributed by atoms with Gasteiger partial charge in [-0.1, -0.05) is 79.7 Å². The van der Waals surface area contributed by atoms with Crippen LogP contribution in [0.25, 0.3) is 0 Å². The quantitative estimate of drug-likeness (QED) is 0.460. The average Bonchev–Trinajstić information content (AvgIpc) is 2.86. The third kappa shape index (κ3) is 5.52. The zero-order valence-electron chi connectivity index (χ0n) is 19.2. The lowest BCUT2D eigenvalue weighted by Crippen LogP contribution is -2.38. The summed E-state index contributed by atoms with van der Waals surface area (Å²) in [6.45, 7) is 7.94. The van der Waals surface area contributed by atoms with Crippen LogP contribution in [-0.4, -0.2) is 30.0 Å². The first-order valence-electron chi connectivity index (χ1n) is 11.7. The Bertz CT molecular complexity index is 1070. The number of nitrogens with one attached hydrogen (secondary N) is 1. The van der Waals surface area contributed by atoms with Crippen molar-refractivity contribution in [3.63, 3.8) is 0 Å². The molecule has 3 aromatic carbocycles. The van der Waals surface area contributed by atoms with Crippen molar-refractivity contribution in [1.82, 2.24) is 10.2 Å². The van der Waals surface area contributed by atoms with Gasteiger partial charge in [0.25, 0.3) is 5.91 Å². The summed E-state index contributed by atoms with van der Waals surface area (Å²) in [7, 11) is 0. The zero-order valence-corrected chi connectivity index (χ0v) is 19.2. The summed E-state index contributed by atoms with van der Waals surface area (Å²) in [6, 6.07) is 27.7. The van der Waals surface area contributed by atoms with Crippen LogP contribution in [-0.2, 0) is 17.8 Å². The summed E-state index contributed by atoms with van der Waals surface area (Å²) in [5, 5.41) is 2.84. The van der Waals surface area contributed by atoms with Crippen molar-refractivity contribution in [2.75, 3.05) is 13.1 Å². The Morgan fingerprint density at radius 1 is 1.12 bits per heavy atom. The number of carbonyl (C=O) groups excluding carboxylic acids is 1. The molecular formula is C29H32N2O2. The molecular weight excluding hydrogens is 408 g/mol. The number of hydrogen-bond donors (Lipinski definition) is 1. The molecule has 0 saturated carbocycles. The van der Waals surface area contributed by atoms with E-state index in [0.717, 1.165) is 25.3 Å². The fraction of sp³-hybridized carbons (Fsp3) is 0.276. The highest BCUT2D eigenvalue weighted by molar-refractivity contribution is 5.81. The van der Waals surface area contributed by atoms with Crippen LogP contribution in [0.4, 0.5) is 0 Å². The minimum atomic E-state index is -0.526. The minimum absolute atomic E-state index is 0.111. The summed E-state index contributed by atoms with van der Waals surface area (Å²) in [5.41, 5.74) is 5.16. The van der Waals surface area contributed by atoms with Crippen LogP contribution >= 0.6 is 0 Å². The maximum atomic E-state index is 12.5. The Morgan fingerprint density at radius 3 is 2.55 bits per heavy atom. The molecule has 0 radical (unpaired) electrons. The van der Waals surface area contributed by atoms with Gasteiger partial charge in [0.05, 0.1) is 6.04 Å². The molecule has 4 heteroatoms. The van der Waals surface area contributed by atoms with Crippen molar-refractivity contribution >= 4 is 5.91 Å². The Hall–Kier alpha value is -3.37. The second-order valence-corrected chi connectivity index (χ2v) is 8.43. The summed E-state index contributed by atoms with van der Waals surface area (Å²) >= 11 is 0. The van der Waals surface area contributed by atoms with E-state index < -0.39 is 6.10 Å². The smallest absolute Gasteiger partial charge is 0.261 e. The number of benzene rings is 3. The van der Waals surface area contributed by atoms with Gasteiger partial charge in [0.2, 0.25) is 0 Å². The van der Waals surface area contributed by atoms with E-state index in [2.05, 4.69) is 89.6 Å². The van der Waals surface area contributed by atoms with Crippen LogP contribution in [0.5, 0.6) is 5.75 Å². The second kappa shape index (κ2) is 11.0. The van der Waals surface area contributed by atoms with Crippen molar-refractivity contribution in [1.29, 1.82) is 0 Å². The van der Waals surface area contributed by atoms with Crippen molar-refractivity contribution in [2.45, 2.75) is 38.5 Å². The van der Waals surface area contributed by atoms with Gasteiger partial charge in [-0.15, -0.1) is 6.58 Å². The number of rotatable bonds is 9. The van der Waals surface area contributed by atoms with Gasteiger partial charge >= 0.3 is 0 Å². The normalized spacial score (nSPS) is 16.5. The SMILES string of the molecule is C=CCNC(=O)C(CC)Oc1ccc2c(c1)C(c1ccccc1)N(Cc1ccccc1)CC2. The Kier molecular flexibility index (Phi) is 7.59. The third-order valence-corrected chi connectivity index (χ3v) is 6.15. The van der Waals surface area contributed by atoms with Gasteiger partial charge in [0.1, 0.15) is 5.75 Å². The highest BCUT2D eigenvalue weighted by Gasteiger charge is 2.29. The van der Waals surface area contributed by atoms with Crippen LogP contribution < -0.4 is 10.1 Å². The molecule has 0 aromatic heterocycles. The van der Waals surface area contributed by atoms with Crippen molar-refractivity contribution < 1.29 is 9.53 Å². The number of hydrogen-bond acceptors (Lipinski definition) is 3. The van der Waals surface area contributed by atoms with Crippen molar-refractivity contribution in [3.8, 4) is 5.75 Å². The maximum Gasteiger partial charge on any atom is 0.261 e. The minimum Gasteiger partial charge on any atom is -0.481 e. The zero-order chi connectivity index (χ0) is 23.0. The summed E-state index contributed by atoms with van der Waals surface area (Å²) in [6.07, 6.45) is 2.74. The van der Waals surface area contributed by atoms with E-state index in [1.54, 1.807) is 6.08 Å². The average molecular weight is 441 g/mol. The van der Waals surface area contributed by atoms with Crippen molar-refractivity contribution in [3.05, 3.63) is 114 Å². The highest BCUT2D eigenvalue weighted by Crippen LogP contribution is 2.38. The van der Waals surface area contributed by atoms with Gasteiger partial charge in [-0.25, -0.2) is 0 Å². The molecule has 0 bridgehead atoms. The molecule has 1 amide bonds. The van der Waals surface area contributed by atoms with Crippen LogP contribution in [0.3, 0.4) is 0 Å². The summed E-state index contributed by atoms with van der Waals surface area (Å²) in [4.78, 5) is 15.0. The molecule has 33 heavy (non-hydrogen) atoms. The lowest BCUT2D eigenvalue weighted by atomic mass is 9.87. The lowest BCUT2D eigenvalue weighted by molar-refractivity contribution is -0.127. The van der Waals surface area contributed by atoms with E-state index in [0.29, 0.717) is 13.0 Å². The van der Waals surface area contributed by atoms with Gasteiger partial charge in [-0.3, -0.25) is 9.69 Å². The Morgan fingerprint density at radius 2 is 1.85 bits per heavy atom. The molecule has 4 nitrogen and oxygen atoms in total. The summed E-state index contributed by atoms with van der Waals surface area (Å²) < 4.78 is 6.16. The summed E-state index contributed by atoms with van der Waals surface area (Å²) in [5.74, 6) is 0.622. The molecule has 2 unspecified atom stereocenters. The van der Waals surface area contributed by atoms with Gasteiger partial charge in [0.15, 0.2) is 6.10 Å². The molecule has 170 valence electrons. The van der Waals surface area contributed by atoms with Crippen molar-refractivity contribution in [2.24, 2.45) is 0 Å². The molecule has 1 aliphatic heterocycles. The number of amides is 1. The van der Waals surface area contributed by atoms with Gasteiger partial charge < -0.3 is 10.1 Å². The molecule has 1 heterocycles. The first kappa shape index (κ1) is 22.8. The number of nitrogens with zero attached hydrogens (tertiary/aromatic N) is 1. The second-order valence-electron chi connectivity index (χ2n) is 8.43. The van der Waals surface area contributed by atoms with Crippen LogP contribution in [0.1, 0.15) is 41.6 Å². The Balaban J connectivity index is 1.65.